The highest BCUT2D eigenvalue weighted by Gasteiger charge is 2.25. The second-order valence-corrected chi connectivity index (χ2v) is 12.5. The Bertz CT molecular complexity index is 1570. The zero-order chi connectivity index (χ0) is 29.0. The van der Waals surface area contributed by atoms with Crippen molar-refractivity contribution in [2.24, 2.45) is 0 Å². The van der Waals surface area contributed by atoms with Gasteiger partial charge in [0, 0.05) is 43.4 Å². The van der Waals surface area contributed by atoms with Crippen molar-refractivity contribution in [3.05, 3.63) is 71.4 Å². The molecule has 2 aromatic carbocycles. The van der Waals surface area contributed by atoms with Crippen LogP contribution in [0.3, 0.4) is 0 Å². The fraction of sp³-hybridized carbons (Fsp3) is 0.346. The molecule has 0 bridgehead atoms. The first-order chi connectivity index (χ1) is 18.4. The Morgan fingerprint density at radius 1 is 0.769 bits per heavy atom. The molecule has 1 N–H and O–H groups in total. The highest BCUT2D eigenvalue weighted by molar-refractivity contribution is 7.89. The summed E-state index contributed by atoms with van der Waals surface area (Å²) >= 11 is 0. The van der Waals surface area contributed by atoms with Gasteiger partial charge in [0.15, 0.2) is 0 Å². The van der Waals surface area contributed by atoms with Gasteiger partial charge < -0.3 is 5.32 Å². The van der Waals surface area contributed by atoms with E-state index in [1.807, 2.05) is 0 Å². The number of hydrogen-bond acceptors (Lipinski definition) is 7. The Kier molecular flexibility index (Phi) is 9.43. The van der Waals surface area contributed by atoms with E-state index in [4.69, 9.17) is 0 Å². The number of nitrogens with zero attached hydrogens (tertiary/aromatic N) is 4. The monoisotopic (exact) mass is 575 g/mol. The molecular weight excluding hydrogens is 542 g/mol. The minimum absolute atomic E-state index is 0.0224. The molecule has 39 heavy (non-hydrogen) atoms. The molecule has 0 aliphatic heterocycles. The summed E-state index contributed by atoms with van der Waals surface area (Å²) < 4.78 is 55.2. The molecule has 0 radical (unpaired) electrons. The summed E-state index contributed by atoms with van der Waals surface area (Å²) in [5, 5.41) is 6.81. The normalized spacial score (nSPS) is 12.2. The van der Waals surface area contributed by atoms with Crippen molar-refractivity contribution in [1.82, 2.24) is 18.4 Å². The van der Waals surface area contributed by atoms with Gasteiger partial charge in [0.05, 0.1) is 15.5 Å². The molecule has 210 valence electrons. The van der Waals surface area contributed by atoms with Crippen molar-refractivity contribution in [1.29, 1.82) is 0 Å². The summed E-state index contributed by atoms with van der Waals surface area (Å²) in [5.74, 6) is -1.23. The number of sulfonamides is 2. The van der Waals surface area contributed by atoms with E-state index in [0.29, 0.717) is 5.69 Å². The van der Waals surface area contributed by atoms with Crippen molar-refractivity contribution < 1.29 is 26.4 Å². The van der Waals surface area contributed by atoms with Gasteiger partial charge in [-0.05, 0) is 43.3 Å². The van der Waals surface area contributed by atoms with E-state index >= 15 is 0 Å². The maximum Gasteiger partial charge on any atom is 0.280 e. The molecule has 1 amide bonds. The SMILES string of the molecule is CCN(CC)S(=O)(=O)c1cccc(C(=O)Nc2cc(C)nn2C(=O)c2cccc(S(=O)(=O)N(CC)CC)c2)c1. The maximum absolute atomic E-state index is 13.4. The fourth-order valence-electron chi connectivity index (χ4n) is 4.07. The summed E-state index contributed by atoms with van der Waals surface area (Å²) in [5.41, 5.74) is 0.575. The lowest BCUT2D eigenvalue weighted by molar-refractivity contribution is 0.0946. The van der Waals surface area contributed by atoms with E-state index in [0.717, 1.165) is 4.68 Å². The molecule has 0 spiro atoms. The predicted octanol–water partition coefficient (Wildman–Crippen LogP) is 3.19. The number of rotatable bonds is 11. The maximum atomic E-state index is 13.4. The van der Waals surface area contributed by atoms with Crippen LogP contribution in [0, 0.1) is 6.92 Å². The Hall–Kier alpha value is -3.39. The highest BCUT2D eigenvalue weighted by Crippen LogP contribution is 2.21. The van der Waals surface area contributed by atoms with Gasteiger partial charge in [0.25, 0.3) is 11.8 Å². The Labute approximate surface area is 229 Å². The standard InChI is InChI=1S/C26H33N5O6S2/c1-6-29(7-2)38(34,35)22-14-10-12-20(17-22)25(32)27-24-16-19(5)28-31(24)26(33)21-13-11-15-23(18-21)39(36,37)30(8-3)9-4/h10-18H,6-9H2,1-5H3,(H,27,32). The van der Waals surface area contributed by atoms with Crippen molar-refractivity contribution >= 4 is 37.7 Å². The number of benzene rings is 2. The van der Waals surface area contributed by atoms with Crippen molar-refractivity contribution in [3.63, 3.8) is 0 Å². The van der Waals surface area contributed by atoms with Crippen LogP contribution < -0.4 is 5.32 Å². The van der Waals surface area contributed by atoms with Gasteiger partial charge in [-0.3, -0.25) is 9.59 Å². The van der Waals surface area contributed by atoms with Crippen LogP contribution >= 0.6 is 0 Å². The highest BCUT2D eigenvalue weighted by atomic mass is 32.2. The third-order valence-corrected chi connectivity index (χ3v) is 10.2. The minimum atomic E-state index is -3.80. The molecule has 0 aliphatic carbocycles. The number of carbonyl (C=O) groups excluding carboxylic acids is 2. The van der Waals surface area contributed by atoms with Crippen LogP contribution in [0.4, 0.5) is 5.82 Å². The summed E-state index contributed by atoms with van der Waals surface area (Å²) in [6.45, 7) is 9.68. The first-order valence-corrected chi connectivity index (χ1v) is 15.4. The van der Waals surface area contributed by atoms with Crippen molar-refractivity contribution in [2.75, 3.05) is 31.5 Å². The number of nitrogens with one attached hydrogen (secondary N) is 1. The number of hydrogen-bond donors (Lipinski definition) is 1. The zero-order valence-electron chi connectivity index (χ0n) is 22.6. The lowest BCUT2D eigenvalue weighted by atomic mass is 10.2. The molecular formula is C26H33N5O6S2. The Balaban J connectivity index is 1.93. The van der Waals surface area contributed by atoms with Gasteiger partial charge in [-0.2, -0.15) is 18.4 Å². The van der Waals surface area contributed by atoms with Crippen LogP contribution in [0.25, 0.3) is 0 Å². The first kappa shape index (κ1) is 30.2. The number of carbonyl (C=O) groups is 2. The number of amides is 1. The zero-order valence-corrected chi connectivity index (χ0v) is 24.2. The Morgan fingerprint density at radius 3 is 1.72 bits per heavy atom. The van der Waals surface area contributed by atoms with E-state index in [2.05, 4.69) is 10.4 Å². The van der Waals surface area contributed by atoms with Crippen LogP contribution in [0.5, 0.6) is 0 Å². The summed E-state index contributed by atoms with van der Waals surface area (Å²) in [6, 6.07) is 12.8. The van der Waals surface area contributed by atoms with Crippen LogP contribution in [-0.2, 0) is 20.0 Å². The molecule has 0 aliphatic rings. The molecule has 11 nitrogen and oxygen atoms in total. The van der Waals surface area contributed by atoms with E-state index in [-0.39, 0.29) is 52.9 Å². The van der Waals surface area contributed by atoms with Crippen LogP contribution in [0.2, 0.25) is 0 Å². The van der Waals surface area contributed by atoms with Gasteiger partial charge in [0.2, 0.25) is 20.0 Å². The lowest BCUT2D eigenvalue weighted by Gasteiger charge is -2.19. The van der Waals surface area contributed by atoms with Gasteiger partial charge in [0.1, 0.15) is 5.82 Å². The molecule has 3 rings (SSSR count). The van der Waals surface area contributed by atoms with E-state index in [1.165, 1.54) is 63.2 Å². The van der Waals surface area contributed by atoms with E-state index in [1.54, 1.807) is 34.6 Å². The third-order valence-electron chi connectivity index (χ3n) is 6.13. The molecule has 1 aromatic heterocycles. The topological polar surface area (TPSA) is 139 Å². The molecule has 0 fully saturated rings. The molecule has 1 heterocycles. The Morgan fingerprint density at radius 2 is 1.23 bits per heavy atom. The second-order valence-electron chi connectivity index (χ2n) is 8.58. The van der Waals surface area contributed by atoms with Crippen molar-refractivity contribution in [2.45, 2.75) is 44.4 Å². The second kappa shape index (κ2) is 12.2. The molecule has 0 saturated heterocycles. The van der Waals surface area contributed by atoms with Crippen LogP contribution in [-0.4, -0.2) is 73.2 Å². The van der Waals surface area contributed by atoms with Gasteiger partial charge in [-0.25, -0.2) is 16.8 Å². The van der Waals surface area contributed by atoms with Crippen LogP contribution in [0.1, 0.15) is 54.1 Å². The van der Waals surface area contributed by atoms with Gasteiger partial charge in [-0.1, -0.05) is 39.8 Å². The number of aryl methyl sites for hydroxylation is 1. The third kappa shape index (κ3) is 6.27. The molecule has 13 heteroatoms. The smallest absolute Gasteiger partial charge is 0.280 e. The number of aromatic nitrogens is 2. The number of anilines is 1. The molecule has 3 aromatic rings. The minimum Gasteiger partial charge on any atom is -0.306 e. The summed E-state index contributed by atoms with van der Waals surface area (Å²) in [7, 11) is -7.58. The van der Waals surface area contributed by atoms with E-state index < -0.39 is 31.9 Å². The quantitative estimate of drug-likeness (QED) is 0.370. The molecule has 0 atom stereocenters. The summed E-state index contributed by atoms with van der Waals surface area (Å²) in [6.07, 6.45) is 0. The van der Waals surface area contributed by atoms with Gasteiger partial charge >= 0.3 is 0 Å². The van der Waals surface area contributed by atoms with Gasteiger partial charge in [-0.15, -0.1) is 0 Å². The largest absolute Gasteiger partial charge is 0.306 e. The lowest BCUT2D eigenvalue weighted by Crippen LogP contribution is -2.31. The average molecular weight is 576 g/mol. The molecule has 0 saturated carbocycles. The van der Waals surface area contributed by atoms with E-state index in [9.17, 15) is 26.4 Å². The molecule has 0 unspecified atom stereocenters. The average Bonchev–Trinajstić information content (AvgIpc) is 3.29. The fourth-order valence-corrected chi connectivity index (χ4v) is 7.08. The summed E-state index contributed by atoms with van der Waals surface area (Å²) in [4.78, 5) is 26.4. The first-order valence-electron chi connectivity index (χ1n) is 12.5. The van der Waals surface area contributed by atoms with Crippen molar-refractivity contribution in [3.8, 4) is 0 Å². The van der Waals surface area contributed by atoms with Crippen LogP contribution in [0.15, 0.2) is 64.4 Å². The predicted molar refractivity (Wildman–Crippen MR) is 148 cm³/mol.